The first kappa shape index (κ1) is 44.5. The summed E-state index contributed by atoms with van der Waals surface area (Å²) in [5.41, 5.74) is 5.13. The summed E-state index contributed by atoms with van der Waals surface area (Å²) in [7, 11) is 0. The Balaban J connectivity index is 1.37. The molecule has 12 nitrogen and oxygen atoms in total. The molecule has 0 aromatic heterocycles. The first-order chi connectivity index (χ1) is 29.0. The minimum Gasteiger partial charge on any atom is -0.352 e. The molecule has 0 aliphatic carbocycles. The average Bonchev–Trinajstić information content (AvgIpc) is 3.25. The second-order valence-electron chi connectivity index (χ2n) is 15.4. The third kappa shape index (κ3) is 14.4. The quantitative estimate of drug-likeness (QED) is 0.220. The highest BCUT2D eigenvalue weighted by atomic mass is 16.2. The molecule has 0 radical (unpaired) electrons. The van der Waals surface area contributed by atoms with Crippen LogP contribution in [0.2, 0.25) is 0 Å². The zero-order chi connectivity index (χ0) is 42.7. The van der Waals surface area contributed by atoms with E-state index in [1.54, 1.807) is 24.9 Å². The highest BCUT2D eigenvalue weighted by Gasteiger charge is 2.23. The monoisotopic (exact) mass is 808 g/mol. The Morgan fingerprint density at radius 3 is 1.00 bits per heavy atom. The van der Waals surface area contributed by atoms with Crippen LogP contribution in [0.25, 0.3) is 0 Å². The molecule has 4 heterocycles. The van der Waals surface area contributed by atoms with Gasteiger partial charge in [-0.2, -0.15) is 0 Å². The van der Waals surface area contributed by atoms with Gasteiger partial charge in [-0.05, 0) is 45.2 Å². The zero-order valence-corrected chi connectivity index (χ0v) is 34.8. The Kier molecular flexibility index (Phi) is 17.2. The summed E-state index contributed by atoms with van der Waals surface area (Å²) in [5, 5.41) is 11.7. The number of amides is 4. The van der Waals surface area contributed by atoms with Crippen molar-refractivity contribution in [2.24, 2.45) is 31.8 Å². The number of carbonyl (C=O) groups is 4. The van der Waals surface area contributed by atoms with Crippen LogP contribution in [0.3, 0.4) is 0 Å². The minimum absolute atomic E-state index is 0.0633. The summed E-state index contributed by atoms with van der Waals surface area (Å²) in [5.74, 6) is -1.10. The van der Waals surface area contributed by atoms with Gasteiger partial charge in [0, 0.05) is 63.9 Å². The van der Waals surface area contributed by atoms with Crippen LogP contribution in [0.15, 0.2) is 129 Å². The molecule has 4 aliphatic heterocycles. The summed E-state index contributed by atoms with van der Waals surface area (Å²) in [6.07, 6.45) is 7.50. The first-order valence-electron chi connectivity index (χ1n) is 20.6. The minimum atomic E-state index is -0.707. The fourth-order valence-electron chi connectivity index (χ4n) is 6.39. The van der Waals surface area contributed by atoms with Crippen molar-refractivity contribution in [2.45, 2.75) is 64.7 Å². The standard InChI is InChI=1S/C48H56N8O4/c1-33(2)43-47(59)51-25-26-52-48(60)44(34(3)4)56-32-40-21-17-38(18-22-40)30-54-42(28-36-13-9-6-10-14-36)46(58)50-24-23-49-45(57)41(27-35-11-7-5-8-12-35)53-29-37-15-19-39(20-16-37)31-55-43/h5-22,29-34,41-44H,23-28H2,1-4H3,(H,49,57)(H,50,58)(H,51,59)(H,52,60)/t41-,42-,43-,44-/m0/s1. The van der Waals surface area contributed by atoms with Crippen molar-refractivity contribution in [3.8, 4) is 0 Å². The van der Waals surface area contributed by atoms with Crippen LogP contribution in [0, 0.1) is 11.8 Å². The van der Waals surface area contributed by atoms with Crippen LogP contribution in [0.1, 0.15) is 61.1 Å². The van der Waals surface area contributed by atoms with Crippen molar-refractivity contribution in [1.82, 2.24) is 21.3 Å². The van der Waals surface area contributed by atoms with Gasteiger partial charge in [-0.25, -0.2) is 0 Å². The van der Waals surface area contributed by atoms with Gasteiger partial charge in [-0.1, -0.05) is 137 Å². The molecular formula is C48H56N8O4. The van der Waals surface area contributed by atoms with E-state index in [1.165, 1.54) is 0 Å². The summed E-state index contributed by atoms with van der Waals surface area (Å²) in [4.78, 5) is 72.0. The predicted octanol–water partition coefficient (Wildman–Crippen LogP) is 4.81. The molecule has 4 atom stereocenters. The lowest BCUT2D eigenvalue weighted by atomic mass is 10.0. The Morgan fingerprint density at radius 2 is 0.700 bits per heavy atom. The van der Waals surface area contributed by atoms with E-state index < -0.39 is 24.2 Å². The average molecular weight is 809 g/mol. The Labute approximate surface area is 353 Å². The molecule has 0 fully saturated rings. The molecule has 4 bridgehead atoms. The molecule has 0 saturated carbocycles. The Bertz CT molecular complexity index is 1960. The van der Waals surface area contributed by atoms with Crippen molar-refractivity contribution in [3.63, 3.8) is 0 Å². The van der Waals surface area contributed by atoms with Gasteiger partial charge >= 0.3 is 0 Å². The van der Waals surface area contributed by atoms with E-state index >= 15 is 0 Å². The van der Waals surface area contributed by atoms with Gasteiger partial charge < -0.3 is 21.3 Å². The zero-order valence-electron chi connectivity index (χ0n) is 34.8. The molecule has 312 valence electrons. The highest BCUT2D eigenvalue weighted by molar-refractivity contribution is 5.91. The third-order valence-electron chi connectivity index (χ3n) is 9.84. The molecule has 0 saturated heterocycles. The molecule has 12 heteroatoms. The van der Waals surface area contributed by atoms with Crippen LogP contribution >= 0.6 is 0 Å². The van der Waals surface area contributed by atoms with E-state index in [4.69, 9.17) is 9.98 Å². The number of aliphatic imine (C=N–C) groups is 4. The fourth-order valence-corrected chi connectivity index (χ4v) is 6.39. The van der Waals surface area contributed by atoms with E-state index in [9.17, 15) is 19.2 Å². The van der Waals surface area contributed by atoms with Crippen LogP contribution in [-0.4, -0.2) is 98.8 Å². The van der Waals surface area contributed by atoms with E-state index in [0.717, 1.165) is 33.4 Å². The molecule has 0 unspecified atom stereocenters. The smallest absolute Gasteiger partial charge is 0.245 e. The van der Waals surface area contributed by atoms with E-state index in [-0.39, 0.29) is 61.6 Å². The fraction of sp³-hybridized carbons (Fsp3) is 0.333. The number of nitrogens with one attached hydrogen (secondary N) is 4. The molecule has 4 aromatic rings. The molecule has 4 amide bonds. The number of hydrogen-bond acceptors (Lipinski definition) is 8. The van der Waals surface area contributed by atoms with Crippen molar-refractivity contribution < 1.29 is 19.2 Å². The molecule has 0 spiro atoms. The summed E-state index contributed by atoms with van der Waals surface area (Å²) in [6.45, 7) is 8.64. The van der Waals surface area contributed by atoms with Crippen LogP contribution in [-0.2, 0) is 32.0 Å². The van der Waals surface area contributed by atoms with Crippen molar-refractivity contribution in [1.29, 1.82) is 0 Å². The van der Waals surface area contributed by atoms with Crippen molar-refractivity contribution in [3.05, 3.63) is 143 Å². The number of benzene rings is 4. The van der Waals surface area contributed by atoms with E-state index in [0.29, 0.717) is 12.8 Å². The van der Waals surface area contributed by atoms with E-state index in [1.807, 2.05) is 137 Å². The Hall–Kier alpha value is -6.56. The molecule has 8 rings (SSSR count). The maximum Gasteiger partial charge on any atom is 0.245 e. The SMILES string of the molecule is CC(C)[C@@H]1N=Cc2ccc(cc2)C=N[C@@H](Cc2ccccc2)C(=O)NCCNC(=O)[C@H](Cc2ccccc2)N=Cc2ccc(cc2)C=N[C@@H](C(C)C)C(=O)NCCNC1=O. The van der Waals surface area contributed by atoms with Crippen LogP contribution < -0.4 is 21.3 Å². The van der Waals surface area contributed by atoms with Crippen molar-refractivity contribution in [2.75, 3.05) is 26.2 Å². The van der Waals surface area contributed by atoms with Gasteiger partial charge in [-0.3, -0.25) is 39.1 Å². The maximum absolute atomic E-state index is 13.5. The van der Waals surface area contributed by atoms with Crippen molar-refractivity contribution >= 4 is 48.5 Å². The van der Waals surface area contributed by atoms with Gasteiger partial charge in [0.15, 0.2) is 0 Å². The van der Waals surface area contributed by atoms with E-state index in [2.05, 4.69) is 31.3 Å². The van der Waals surface area contributed by atoms with Gasteiger partial charge in [0.25, 0.3) is 0 Å². The predicted molar refractivity (Wildman–Crippen MR) is 240 cm³/mol. The molecular weight excluding hydrogens is 753 g/mol. The Morgan fingerprint density at radius 1 is 0.417 bits per heavy atom. The highest BCUT2D eigenvalue weighted by Crippen LogP contribution is 2.12. The number of rotatable bonds is 6. The molecule has 60 heavy (non-hydrogen) atoms. The topological polar surface area (TPSA) is 166 Å². The van der Waals surface area contributed by atoms with Gasteiger partial charge in [-0.15, -0.1) is 0 Å². The normalized spacial score (nSPS) is 20.2. The second kappa shape index (κ2) is 23.1. The maximum atomic E-state index is 13.5. The lowest BCUT2D eigenvalue weighted by Gasteiger charge is -2.18. The summed E-state index contributed by atoms with van der Waals surface area (Å²) >= 11 is 0. The first-order valence-corrected chi connectivity index (χ1v) is 20.6. The molecule has 4 N–H and O–H groups in total. The summed E-state index contributed by atoms with van der Waals surface area (Å²) < 4.78 is 0. The second-order valence-corrected chi connectivity index (χ2v) is 15.4. The van der Waals surface area contributed by atoms with Crippen LogP contribution in [0.5, 0.6) is 0 Å². The third-order valence-corrected chi connectivity index (χ3v) is 9.84. The number of carbonyl (C=O) groups excluding carboxylic acids is 4. The number of hydrogen-bond donors (Lipinski definition) is 4. The number of nitrogens with zero attached hydrogens (tertiary/aromatic N) is 4. The van der Waals surface area contributed by atoms with Gasteiger partial charge in [0.05, 0.1) is 0 Å². The van der Waals surface area contributed by atoms with Gasteiger partial charge in [0.1, 0.15) is 24.2 Å². The molecule has 4 aromatic carbocycles. The lowest BCUT2D eigenvalue weighted by molar-refractivity contribution is -0.124. The molecule has 4 aliphatic rings. The van der Waals surface area contributed by atoms with Gasteiger partial charge in [0.2, 0.25) is 23.6 Å². The largest absolute Gasteiger partial charge is 0.352 e. The lowest BCUT2D eigenvalue weighted by Crippen LogP contribution is -2.43. The van der Waals surface area contributed by atoms with Crippen LogP contribution in [0.4, 0.5) is 0 Å². The summed E-state index contributed by atoms with van der Waals surface area (Å²) in [6, 6.07) is 31.8.